The molecule has 8 heteroatoms. The van der Waals surface area contributed by atoms with Crippen molar-refractivity contribution in [3.05, 3.63) is 42.1 Å². The predicted molar refractivity (Wildman–Crippen MR) is 115 cm³/mol. The lowest BCUT2D eigenvalue weighted by molar-refractivity contribution is -0.117. The molecule has 1 fully saturated rings. The molecule has 0 aliphatic heterocycles. The molecular formula is C20H27Cl2N3O3. The number of amides is 1. The Hall–Kier alpha value is -2.02. The molecule has 1 aromatic carbocycles. The van der Waals surface area contributed by atoms with E-state index in [9.17, 15) is 4.79 Å². The van der Waals surface area contributed by atoms with Crippen molar-refractivity contribution in [1.29, 1.82) is 0 Å². The number of aromatic nitrogens is 1. The number of nitrogens with two attached hydrogens (primary N) is 1. The maximum absolute atomic E-state index is 12.2. The van der Waals surface area contributed by atoms with Gasteiger partial charge in [-0.15, -0.1) is 24.8 Å². The van der Waals surface area contributed by atoms with Crippen molar-refractivity contribution in [3.8, 4) is 17.4 Å². The summed E-state index contributed by atoms with van der Waals surface area (Å²) in [7, 11) is 1.60. The van der Waals surface area contributed by atoms with E-state index in [1.807, 2.05) is 25.1 Å². The van der Waals surface area contributed by atoms with Gasteiger partial charge in [-0.05, 0) is 49.4 Å². The quantitative estimate of drug-likeness (QED) is 0.708. The summed E-state index contributed by atoms with van der Waals surface area (Å²) in [5.41, 5.74) is 7.76. The molecule has 28 heavy (non-hydrogen) atoms. The summed E-state index contributed by atoms with van der Waals surface area (Å²) < 4.78 is 11.1. The number of nitrogens with zero attached hydrogens (tertiary/aromatic N) is 1. The topological polar surface area (TPSA) is 86.5 Å². The summed E-state index contributed by atoms with van der Waals surface area (Å²) in [5, 5.41) is 2.87. The van der Waals surface area contributed by atoms with Crippen molar-refractivity contribution in [3.63, 3.8) is 0 Å². The Bertz CT molecular complexity index is 772. The number of hydrogen-bond donors (Lipinski definition) is 2. The van der Waals surface area contributed by atoms with Crippen molar-refractivity contribution >= 4 is 36.4 Å². The molecule has 0 saturated heterocycles. The number of carbonyl (C=O) groups excluding carboxylic acids is 1. The monoisotopic (exact) mass is 427 g/mol. The molecule has 3 rings (SSSR count). The average Bonchev–Trinajstić information content (AvgIpc) is 3.02. The highest BCUT2D eigenvalue weighted by atomic mass is 35.5. The number of benzene rings is 1. The van der Waals surface area contributed by atoms with Gasteiger partial charge in [0.05, 0.1) is 19.0 Å². The third-order valence-electron chi connectivity index (χ3n) is 4.72. The first-order valence-electron chi connectivity index (χ1n) is 8.89. The Morgan fingerprint density at radius 2 is 2.00 bits per heavy atom. The van der Waals surface area contributed by atoms with E-state index in [2.05, 4.69) is 10.3 Å². The van der Waals surface area contributed by atoms with Crippen LogP contribution in [-0.4, -0.2) is 24.0 Å². The van der Waals surface area contributed by atoms with Crippen LogP contribution in [0.4, 0.5) is 5.69 Å². The molecule has 0 radical (unpaired) electrons. The van der Waals surface area contributed by atoms with Crippen molar-refractivity contribution in [1.82, 2.24) is 4.98 Å². The van der Waals surface area contributed by atoms with Gasteiger partial charge in [0.25, 0.3) is 0 Å². The number of nitrogens with one attached hydrogen (secondary N) is 1. The number of rotatable bonds is 6. The minimum absolute atomic E-state index is 0. The first kappa shape index (κ1) is 24.0. The Balaban J connectivity index is 0.00000196. The normalized spacial score (nSPS) is 17.8. The molecule has 0 spiro atoms. The highest BCUT2D eigenvalue weighted by Gasteiger charge is 2.26. The number of ether oxygens (including phenoxy) is 2. The molecule has 1 aromatic heterocycles. The van der Waals surface area contributed by atoms with Crippen LogP contribution in [0.1, 0.15) is 31.2 Å². The van der Waals surface area contributed by atoms with Gasteiger partial charge in [0, 0.05) is 18.5 Å². The number of carbonyl (C=O) groups is 1. The predicted octanol–water partition coefficient (Wildman–Crippen LogP) is 4.49. The summed E-state index contributed by atoms with van der Waals surface area (Å²) in [6.07, 6.45) is 5.18. The van der Waals surface area contributed by atoms with E-state index in [1.54, 1.807) is 25.4 Å². The number of aryl methyl sites for hydroxylation is 1. The fourth-order valence-corrected chi connectivity index (χ4v) is 3.26. The van der Waals surface area contributed by atoms with Crippen molar-refractivity contribution in [2.45, 2.75) is 38.6 Å². The molecule has 2 aromatic rings. The summed E-state index contributed by atoms with van der Waals surface area (Å²) in [5.74, 6) is 1.93. The van der Waals surface area contributed by atoms with E-state index in [0.29, 0.717) is 29.5 Å². The van der Waals surface area contributed by atoms with E-state index in [0.717, 1.165) is 24.8 Å². The number of methoxy groups -OCH3 is 1. The van der Waals surface area contributed by atoms with Gasteiger partial charge < -0.3 is 20.5 Å². The maximum atomic E-state index is 12.2. The molecule has 1 saturated carbocycles. The van der Waals surface area contributed by atoms with Gasteiger partial charge in [-0.2, -0.15) is 0 Å². The maximum Gasteiger partial charge on any atom is 0.224 e. The van der Waals surface area contributed by atoms with Crippen LogP contribution < -0.4 is 20.5 Å². The lowest BCUT2D eigenvalue weighted by Gasteiger charge is -2.15. The average molecular weight is 428 g/mol. The minimum Gasteiger partial charge on any atom is -0.493 e. The lowest BCUT2D eigenvalue weighted by atomic mass is 10.00. The Morgan fingerprint density at radius 3 is 2.61 bits per heavy atom. The van der Waals surface area contributed by atoms with E-state index in [1.165, 1.54) is 0 Å². The number of halogens is 2. The summed E-state index contributed by atoms with van der Waals surface area (Å²) in [4.78, 5) is 16.4. The van der Waals surface area contributed by atoms with E-state index in [-0.39, 0.29) is 42.7 Å². The first-order chi connectivity index (χ1) is 12.5. The van der Waals surface area contributed by atoms with Gasteiger partial charge in [-0.1, -0.05) is 12.5 Å². The summed E-state index contributed by atoms with van der Waals surface area (Å²) in [6.45, 7) is 1.99. The zero-order valence-corrected chi connectivity index (χ0v) is 17.6. The van der Waals surface area contributed by atoms with E-state index < -0.39 is 0 Å². The molecule has 3 N–H and O–H groups in total. The van der Waals surface area contributed by atoms with Crippen LogP contribution in [0.2, 0.25) is 0 Å². The van der Waals surface area contributed by atoms with Gasteiger partial charge in [-0.25, -0.2) is 4.98 Å². The highest BCUT2D eigenvalue weighted by Crippen LogP contribution is 2.31. The smallest absolute Gasteiger partial charge is 0.224 e. The molecule has 6 nitrogen and oxygen atoms in total. The lowest BCUT2D eigenvalue weighted by Crippen LogP contribution is -2.28. The second-order valence-electron chi connectivity index (χ2n) is 6.75. The van der Waals surface area contributed by atoms with Gasteiger partial charge >= 0.3 is 0 Å². The van der Waals surface area contributed by atoms with Crippen molar-refractivity contribution in [2.75, 3.05) is 12.4 Å². The van der Waals surface area contributed by atoms with Gasteiger partial charge in [0.15, 0.2) is 11.5 Å². The van der Waals surface area contributed by atoms with E-state index in [4.69, 9.17) is 15.2 Å². The van der Waals surface area contributed by atoms with E-state index >= 15 is 0 Å². The van der Waals surface area contributed by atoms with Crippen molar-refractivity contribution in [2.24, 2.45) is 11.7 Å². The largest absolute Gasteiger partial charge is 0.493 e. The second kappa shape index (κ2) is 11.1. The zero-order chi connectivity index (χ0) is 18.5. The molecule has 0 unspecified atom stereocenters. The summed E-state index contributed by atoms with van der Waals surface area (Å²) >= 11 is 0. The molecule has 154 valence electrons. The Labute approximate surface area is 178 Å². The number of anilines is 1. The first-order valence-corrected chi connectivity index (χ1v) is 8.89. The number of pyridine rings is 1. The molecular weight excluding hydrogens is 401 g/mol. The summed E-state index contributed by atoms with van der Waals surface area (Å²) in [6, 6.07) is 9.32. The van der Waals surface area contributed by atoms with Crippen LogP contribution in [0.5, 0.6) is 17.4 Å². The SMILES string of the molecule is COc1cc(C)ccc1Oc1ccc(NC(=O)C[C@@H]2CCC[C@H]2N)cn1.Cl.Cl. The zero-order valence-electron chi connectivity index (χ0n) is 16.0. The fraction of sp³-hybridized carbons (Fsp3) is 0.400. The van der Waals surface area contributed by atoms with Crippen LogP contribution in [0.25, 0.3) is 0 Å². The highest BCUT2D eigenvalue weighted by molar-refractivity contribution is 5.90. The molecule has 1 aliphatic rings. The van der Waals surface area contributed by atoms with Crippen LogP contribution in [-0.2, 0) is 4.79 Å². The van der Waals surface area contributed by atoms with Crippen LogP contribution in [0, 0.1) is 12.8 Å². The molecule has 2 atom stereocenters. The Kier molecular flexibility index (Phi) is 9.52. The second-order valence-corrected chi connectivity index (χ2v) is 6.75. The third kappa shape index (κ3) is 6.26. The molecule has 1 heterocycles. The molecule has 1 aliphatic carbocycles. The van der Waals surface area contributed by atoms with Crippen LogP contribution >= 0.6 is 24.8 Å². The standard InChI is InChI=1S/C20H25N3O3.2ClH/c1-13-6-8-17(18(10-13)25-2)26-20-9-7-15(12-22-20)23-19(24)11-14-4-3-5-16(14)21;;/h6-10,12,14,16H,3-5,11,21H2,1-2H3,(H,23,24);2*1H/t14-,16+;;/m0../s1. The number of hydrogen-bond acceptors (Lipinski definition) is 5. The van der Waals surface area contributed by atoms with Crippen LogP contribution in [0.3, 0.4) is 0 Å². The van der Waals surface area contributed by atoms with Crippen molar-refractivity contribution < 1.29 is 14.3 Å². The van der Waals surface area contributed by atoms with Gasteiger partial charge in [-0.3, -0.25) is 4.79 Å². The van der Waals surface area contributed by atoms with Gasteiger partial charge in [0.1, 0.15) is 0 Å². The third-order valence-corrected chi connectivity index (χ3v) is 4.72. The van der Waals surface area contributed by atoms with Crippen LogP contribution in [0.15, 0.2) is 36.5 Å². The molecule has 1 amide bonds. The minimum atomic E-state index is -0.0250. The fourth-order valence-electron chi connectivity index (χ4n) is 3.26. The Morgan fingerprint density at radius 1 is 1.21 bits per heavy atom. The molecule has 0 bridgehead atoms. The van der Waals surface area contributed by atoms with Gasteiger partial charge in [0.2, 0.25) is 11.8 Å².